The normalized spacial score (nSPS) is 15.1. The predicted octanol–water partition coefficient (Wildman–Crippen LogP) is 1.40. The first-order chi connectivity index (χ1) is 12.6. The van der Waals surface area contributed by atoms with Gasteiger partial charge in [-0.1, -0.05) is 6.07 Å². The third-order valence-electron chi connectivity index (χ3n) is 4.51. The van der Waals surface area contributed by atoms with Crippen molar-refractivity contribution in [3.63, 3.8) is 0 Å². The SMILES string of the molecule is COc1cccc(OC)c1C(=O)N1CCN(CCc2nnc(C)o2)CC1. The van der Waals surface area contributed by atoms with Crippen molar-refractivity contribution in [3.05, 3.63) is 35.5 Å². The maximum Gasteiger partial charge on any atom is 0.261 e. The van der Waals surface area contributed by atoms with Gasteiger partial charge in [0.1, 0.15) is 17.1 Å². The predicted molar refractivity (Wildman–Crippen MR) is 94.6 cm³/mol. The van der Waals surface area contributed by atoms with Gasteiger partial charge in [0.05, 0.1) is 14.2 Å². The smallest absolute Gasteiger partial charge is 0.261 e. The summed E-state index contributed by atoms with van der Waals surface area (Å²) in [6, 6.07) is 5.36. The molecule has 1 amide bonds. The molecule has 0 spiro atoms. The van der Waals surface area contributed by atoms with E-state index in [0.29, 0.717) is 41.9 Å². The Morgan fingerprint density at radius 2 is 1.77 bits per heavy atom. The van der Waals surface area contributed by atoms with Gasteiger partial charge in [0.25, 0.3) is 5.91 Å². The van der Waals surface area contributed by atoms with E-state index in [0.717, 1.165) is 26.1 Å². The lowest BCUT2D eigenvalue weighted by molar-refractivity contribution is 0.0629. The first kappa shape index (κ1) is 18.2. The van der Waals surface area contributed by atoms with Gasteiger partial charge in [0.2, 0.25) is 11.8 Å². The molecular weight excluding hydrogens is 336 g/mol. The molecule has 1 aromatic heterocycles. The number of nitrogens with zero attached hydrogens (tertiary/aromatic N) is 4. The molecule has 2 heterocycles. The monoisotopic (exact) mass is 360 g/mol. The van der Waals surface area contributed by atoms with E-state index in [-0.39, 0.29) is 5.91 Å². The lowest BCUT2D eigenvalue weighted by Gasteiger charge is -2.34. The molecule has 0 atom stereocenters. The van der Waals surface area contributed by atoms with Gasteiger partial charge in [-0.15, -0.1) is 10.2 Å². The maximum atomic E-state index is 13.0. The number of rotatable bonds is 6. The first-order valence-electron chi connectivity index (χ1n) is 8.64. The number of aryl methyl sites for hydroxylation is 1. The van der Waals surface area contributed by atoms with Crippen LogP contribution >= 0.6 is 0 Å². The van der Waals surface area contributed by atoms with E-state index in [4.69, 9.17) is 13.9 Å². The van der Waals surface area contributed by atoms with E-state index < -0.39 is 0 Å². The number of hydrogen-bond acceptors (Lipinski definition) is 7. The van der Waals surface area contributed by atoms with Crippen molar-refractivity contribution in [2.45, 2.75) is 13.3 Å². The maximum absolute atomic E-state index is 13.0. The highest BCUT2D eigenvalue weighted by molar-refractivity contribution is 5.99. The quantitative estimate of drug-likeness (QED) is 0.770. The van der Waals surface area contributed by atoms with Crippen LogP contribution in [0.3, 0.4) is 0 Å². The number of benzene rings is 1. The second kappa shape index (κ2) is 8.18. The number of methoxy groups -OCH3 is 2. The van der Waals surface area contributed by atoms with Gasteiger partial charge in [-0.3, -0.25) is 9.69 Å². The molecule has 8 heteroatoms. The zero-order chi connectivity index (χ0) is 18.5. The molecule has 140 valence electrons. The standard InChI is InChI=1S/C18H24N4O4/c1-13-19-20-16(26-13)7-8-21-9-11-22(12-10-21)18(23)17-14(24-2)5-4-6-15(17)25-3/h4-6H,7-12H2,1-3H3. The van der Waals surface area contributed by atoms with Crippen molar-refractivity contribution in [1.82, 2.24) is 20.0 Å². The average molecular weight is 360 g/mol. The summed E-state index contributed by atoms with van der Waals surface area (Å²) in [5.74, 6) is 2.24. The molecule has 26 heavy (non-hydrogen) atoms. The van der Waals surface area contributed by atoms with Crippen molar-refractivity contribution >= 4 is 5.91 Å². The van der Waals surface area contributed by atoms with Gasteiger partial charge in [-0.25, -0.2) is 0 Å². The molecule has 1 aliphatic heterocycles. The number of amides is 1. The number of ether oxygens (including phenoxy) is 2. The third kappa shape index (κ3) is 3.96. The van der Waals surface area contributed by atoms with Crippen LogP contribution in [-0.4, -0.2) is 72.8 Å². The second-order valence-corrected chi connectivity index (χ2v) is 6.14. The van der Waals surface area contributed by atoms with Crippen LogP contribution in [0.2, 0.25) is 0 Å². The Bertz CT molecular complexity index is 731. The number of carbonyl (C=O) groups excluding carboxylic acids is 1. The molecule has 8 nitrogen and oxygen atoms in total. The molecular formula is C18H24N4O4. The summed E-state index contributed by atoms with van der Waals surface area (Å²) >= 11 is 0. The highest BCUT2D eigenvalue weighted by Gasteiger charge is 2.27. The summed E-state index contributed by atoms with van der Waals surface area (Å²) in [5, 5.41) is 7.86. The van der Waals surface area contributed by atoms with E-state index in [9.17, 15) is 4.79 Å². The van der Waals surface area contributed by atoms with Crippen molar-refractivity contribution in [1.29, 1.82) is 0 Å². The van der Waals surface area contributed by atoms with Crippen LogP contribution in [0.25, 0.3) is 0 Å². The fraction of sp³-hybridized carbons (Fsp3) is 0.500. The van der Waals surface area contributed by atoms with Crippen LogP contribution in [0.5, 0.6) is 11.5 Å². The molecule has 1 aromatic carbocycles. The van der Waals surface area contributed by atoms with E-state index in [1.807, 2.05) is 11.0 Å². The van der Waals surface area contributed by atoms with Crippen LogP contribution in [-0.2, 0) is 6.42 Å². The van der Waals surface area contributed by atoms with E-state index in [1.54, 1.807) is 33.3 Å². The molecule has 0 unspecified atom stereocenters. The lowest BCUT2D eigenvalue weighted by atomic mass is 10.1. The Kier molecular flexibility index (Phi) is 5.72. The number of aromatic nitrogens is 2. The molecule has 0 N–H and O–H groups in total. The zero-order valence-electron chi connectivity index (χ0n) is 15.4. The molecule has 0 aliphatic carbocycles. The van der Waals surface area contributed by atoms with E-state index >= 15 is 0 Å². The number of carbonyl (C=O) groups is 1. The van der Waals surface area contributed by atoms with Crippen LogP contribution in [0, 0.1) is 6.92 Å². The molecule has 1 aliphatic rings. The average Bonchev–Trinajstić information content (AvgIpc) is 3.10. The fourth-order valence-corrected chi connectivity index (χ4v) is 3.09. The summed E-state index contributed by atoms with van der Waals surface area (Å²) in [6.07, 6.45) is 0.717. The number of hydrogen-bond donors (Lipinski definition) is 0. The van der Waals surface area contributed by atoms with Crippen molar-refractivity contribution in [2.24, 2.45) is 0 Å². The van der Waals surface area contributed by atoms with E-state index in [1.165, 1.54) is 0 Å². The van der Waals surface area contributed by atoms with Crippen LogP contribution < -0.4 is 9.47 Å². The van der Waals surface area contributed by atoms with Crippen LogP contribution in [0.4, 0.5) is 0 Å². The summed E-state index contributed by atoms with van der Waals surface area (Å²) in [4.78, 5) is 17.1. The van der Waals surface area contributed by atoms with Crippen molar-refractivity contribution in [2.75, 3.05) is 46.9 Å². The number of piperazine rings is 1. The Balaban J connectivity index is 1.58. The fourth-order valence-electron chi connectivity index (χ4n) is 3.09. The largest absolute Gasteiger partial charge is 0.496 e. The molecule has 0 saturated carbocycles. The topological polar surface area (TPSA) is 80.9 Å². The Hall–Kier alpha value is -2.61. The van der Waals surface area contributed by atoms with Gasteiger partial charge in [-0.2, -0.15) is 0 Å². The van der Waals surface area contributed by atoms with Gasteiger partial charge >= 0.3 is 0 Å². The molecule has 2 aromatic rings. The Labute approximate surface area is 152 Å². The lowest BCUT2D eigenvalue weighted by Crippen LogP contribution is -2.49. The van der Waals surface area contributed by atoms with Crippen LogP contribution in [0.15, 0.2) is 22.6 Å². The highest BCUT2D eigenvalue weighted by atomic mass is 16.5. The molecule has 1 fully saturated rings. The van der Waals surface area contributed by atoms with Gasteiger partial charge < -0.3 is 18.8 Å². The van der Waals surface area contributed by atoms with E-state index in [2.05, 4.69) is 15.1 Å². The minimum Gasteiger partial charge on any atom is -0.496 e. The third-order valence-corrected chi connectivity index (χ3v) is 4.51. The van der Waals surface area contributed by atoms with Crippen LogP contribution in [0.1, 0.15) is 22.1 Å². The van der Waals surface area contributed by atoms with Crippen molar-refractivity contribution in [3.8, 4) is 11.5 Å². The minimum absolute atomic E-state index is 0.0634. The van der Waals surface area contributed by atoms with Crippen molar-refractivity contribution < 1.29 is 18.7 Å². The Morgan fingerprint density at radius 3 is 2.31 bits per heavy atom. The summed E-state index contributed by atoms with van der Waals surface area (Å²) in [5.41, 5.74) is 0.479. The van der Waals surface area contributed by atoms with Gasteiger partial charge in [0.15, 0.2) is 0 Å². The molecule has 0 bridgehead atoms. The second-order valence-electron chi connectivity index (χ2n) is 6.14. The van der Waals surface area contributed by atoms with Gasteiger partial charge in [0, 0.05) is 46.1 Å². The van der Waals surface area contributed by atoms with Gasteiger partial charge in [-0.05, 0) is 12.1 Å². The Morgan fingerprint density at radius 1 is 1.12 bits per heavy atom. The summed E-state index contributed by atoms with van der Waals surface area (Å²) < 4.78 is 16.1. The zero-order valence-corrected chi connectivity index (χ0v) is 15.4. The molecule has 1 saturated heterocycles. The molecule has 0 radical (unpaired) electrons. The summed E-state index contributed by atoms with van der Waals surface area (Å²) in [7, 11) is 3.12. The molecule has 3 rings (SSSR count). The minimum atomic E-state index is -0.0634. The first-order valence-corrected chi connectivity index (χ1v) is 8.64. The summed E-state index contributed by atoms with van der Waals surface area (Å²) in [6.45, 7) is 5.53. The highest BCUT2D eigenvalue weighted by Crippen LogP contribution is 2.29.